The van der Waals surface area contributed by atoms with E-state index in [4.69, 9.17) is 33.7 Å². The topological polar surface area (TPSA) is 109 Å². The molecule has 0 aliphatic rings. The summed E-state index contributed by atoms with van der Waals surface area (Å²) >= 11 is 12.7. The third-order valence-electron chi connectivity index (χ3n) is 4.52. The van der Waals surface area contributed by atoms with Gasteiger partial charge >= 0.3 is 5.69 Å². The number of hydrogen-bond acceptors (Lipinski definition) is 6. The Kier molecular flexibility index (Phi) is 6.63. The van der Waals surface area contributed by atoms with E-state index < -0.39 is 11.2 Å². The molecule has 3 aromatic rings. The standard InChI is InChI=1S/C18H22Cl2N6O3/c1-24-15-14(16(27)25(2)18(24)28)26(10-11-12(19)4-3-5-13(11)20)17(23-15)22-7-9-29-8-6-21/h3-5H,6-10,21H2,1-2H3,(H,22,23). The average Bonchev–Trinajstić information content (AvgIpc) is 3.06. The van der Waals surface area contributed by atoms with Gasteiger partial charge in [-0.2, -0.15) is 4.98 Å². The Hall–Kier alpha value is -2.33. The summed E-state index contributed by atoms with van der Waals surface area (Å²) in [6.45, 7) is 1.93. The molecular formula is C18H22Cl2N6O3. The zero-order valence-corrected chi connectivity index (χ0v) is 17.6. The van der Waals surface area contributed by atoms with Crippen LogP contribution in [0.15, 0.2) is 27.8 Å². The number of rotatable bonds is 8. The van der Waals surface area contributed by atoms with E-state index in [1.807, 2.05) is 0 Å². The first-order valence-electron chi connectivity index (χ1n) is 8.97. The minimum atomic E-state index is -0.458. The van der Waals surface area contributed by atoms with E-state index >= 15 is 0 Å². The van der Waals surface area contributed by atoms with Crippen molar-refractivity contribution in [3.05, 3.63) is 54.6 Å². The van der Waals surface area contributed by atoms with Gasteiger partial charge in [-0.05, 0) is 12.1 Å². The van der Waals surface area contributed by atoms with Gasteiger partial charge in [-0.3, -0.25) is 18.5 Å². The van der Waals surface area contributed by atoms with Gasteiger partial charge in [-0.25, -0.2) is 4.79 Å². The van der Waals surface area contributed by atoms with E-state index in [2.05, 4.69) is 10.3 Å². The molecule has 0 atom stereocenters. The molecule has 0 radical (unpaired) electrons. The molecule has 11 heteroatoms. The summed E-state index contributed by atoms with van der Waals surface area (Å²) in [5.74, 6) is 0.408. The minimum Gasteiger partial charge on any atom is -0.378 e. The SMILES string of the molecule is Cn1c(=O)c2c(nc(NCCOCCN)n2Cc2c(Cl)cccc2Cl)n(C)c1=O. The summed E-state index contributed by atoms with van der Waals surface area (Å²) in [6.07, 6.45) is 0. The van der Waals surface area contributed by atoms with Crippen LogP contribution in [0.2, 0.25) is 10.0 Å². The largest absolute Gasteiger partial charge is 0.378 e. The van der Waals surface area contributed by atoms with Crippen molar-refractivity contribution in [3.8, 4) is 0 Å². The van der Waals surface area contributed by atoms with E-state index in [0.717, 1.165) is 4.57 Å². The van der Waals surface area contributed by atoms with E-state index in [-0.39, 0.29) is 17.7 Å². The lowest BCUT2D eigenvalue weighted by Crippen LogP contribution is -2.37. The number of aryl methyl sites for hydroxylation is 1. The summed E-state index contributed by atoms with van der Waals surface area (Å²) in [5, 5.41) is 4.09. The first-order chi connectivity index (χ1) is 13.9. The molecule has 3 N–H and O–H groups in total. The molecule has 2 heterocycles. The van der Waals surface area contributed by atoms with E-state index in [9.17, 15) is 9.59 Å². The molecule has 156 valence electrons. The number of anilines is 1. The summed E-state index contributed by atoms with van der Waals surface area (Å²) < 4.78 is 9.42. The van der Waals surface area contributed by atoms with Crippen LogP contribution in [-0.4, -0.2) is 45.0 Å². The molecule has 0 unspecified atom stereocenters. The third-order valence-corrected chi connectivity index (χ3v) is 5.23. The first kappa shape index (κ1) is 21.4. The van der Waals surface area contributed by atoms with Gasteiger partial charge in [0, 0.05) is 42.8 Å². The highest BCUT2D eigenvalue weighted by Gasteiger charge is 2.20. The molecule has 2 aromatic heterocycles. The number of nitrogens with two attached hydrogens (primary N) is 1. The lowest BCUT2D eigenvalue weighted by molar-refractivity contribution is 0.151. The quantitative estimate of drug-likeness (QED) is 0.508. The molecule has 0 saturated heterocycles. The number of ether oxygens (including phenoxy) is 1. The van der Waals surface area contributed by atoms with Crippen molar-refractivity contribution in [1.82, 2.24) is 18.7 Å². The van der Waals surface area contributed by atoms with Crippen LogP contribution in [0, 0.1) is 0 Å². The Morgan fingerprint density at radius 2 is 1.83 bits per heavy atom. The summed E-state index contributed by atoms with van der Waals surface area (Å²) in [7, 11) is 3.00. The van der Waals surface area contributed by atoms with Crippen LogP contribution in [0.1, 0.15) is 5.56 Å². The van der Waals surface area contributed by atoms with Gasteiger partial charge in [0.1, 0.15) is 0 Å². The second kappa shape index (κ2) is 9.00. The van der Waals surface area contributed by atoms with E-state index in [0.29, 0.717) is 47.9 Å². The average molecular weight is 441 g/mol. The van der Waals surface area contributed by atoms with Crippen molar-refractivity contribution in [3.63, 3.8) is 0 Å². The van der Waals surface area contributed by atoms with Crippen LogP contribution in [0.3, 0.4) is 0 Å². The smallest absolute Gasteiger partial charge is 0.332 e. The number of halogens is 2. The molecule has 0 bridgehead atoms. The molecule has 0 fully saturated rings. The maximum Gasteiger partial charge on any atom is 0.332 e. The second-order valence-corrected chi connectivity index (χ2v) is 7.24. The van der Waals surface area contributed by atoms with Gasteiger partial charge < -0.3 is 15.8 Å². The monoisotopic (exact) mass is 440 g/mol. The van der Waals surface area contributed by atoms with E-state index in [1.54, 1.807) is 29.8 Å². The van der Waals surface area contributed by atoms with Crippen molar-refractivity contribution >= 4 is 40.3 Å². The molecule has 0 saturated carbocycles. The first-order valence-corrected chi connectivity index (χ1v) is 9.73. The highest BCUT2D eigenvalue weighted by Crippen LogP contribution is 2.27. The van der Waals surface area contributed by atoms with Crippen LogP contribution >= 0.6 is 23.2 Å². The zero-order chi connectivity index (χ0) is 21.1. The fourth-order valence-corrected chi connectivity index (χ4v) is 3.51. The van der Waals surface area contributed by atoms with Crippen LogP contribution in [0.25, 0.3) is 11.2 Å². The minimum absolute atomic E-state index is 0.203. The van der Waals surface area contributed by atoms with Crippen LogP contribution in [0.5, 0.6) is 0 Å². The molecule has 29 heavy (non-hydrogen) atoms. The third kappa shape index (κ3) is 4.18. The lowest BCUT2D eigenvalue weighted by atomic mass is 10.2. The number of benzene rings is 1. The number of nitrogens with one attached hydrogen (secondary N) is 1. The molecule has 0 spiro atoms. The van der Waals surface area contributed by atoms with Crippen molar-refractivity contribution < 1.29 is 4.74 Å². The fraction of sp³-hybridized carbons (Fsp3) is 0.389. The second-order valence-electron chi connectivity index (χ2n) is 6.43. The Balaban J connectivity index is 2.12. The normalized spacial score (nSPS) is 11.3. The molecule has 0 aliphatic carbocycles. The van der Waals surface area contributed by atoms with Crippen LogP contribution < -0.4 is 22.3 Å². The van der Waals surface area contributed by atoms with Gasteiger partial charge in [-0.15, -0.1) is 0 Å². The highest BCUT2D eigenvalue weighted by atomic mass is 35.5. The zero-order valence-electron chi connectivity index (χ0n) is 16.1. The van der Waals surface area contributed by atoms with Crippen LogP contribution in [-0.2, 0) is 25.4 Å². The summed E-state index contributed by atoms with van der Waals surface area (Å²) in [6, 6.07) is 5.20. The summed E-state index contributed by atoms with van der Waals surface area (Å²) in [4.78, 5) is 29.7. The highest BCUT2D eigenvalue weighted by molar-refractivity contribution is 6.36. The predicted octanol–water partition coefficient (Wildman–Crippen LogP) is 1.18. The molecule has 9 nitrogen and oxygen atoms in total. The number of imidazole rings is 1. The van der Waals surface area contributed by atoms with Gasteiger partial charge in [0.15, 0.2) is 11.2 Å². The van der Waals surface area contributed by atoms with E-state index in [1.165, 1.54) is 11.6 Å². The van der Waals surface area contributed by atoms with Crippen molar-refractivity contribution in [2.45, 2.75) is 6.54 Å². The molecule has 0 amide bonds. The van der Waals surface area contributed by atoms with Crippen molar-refractivity contribution in [2.24, 2.45) is 19.8 Å². The van der Waals surface area contributed by atoms with Gasteiger partial charge in [0.2, 0.25) is 5.95 Å². The van der Waals surface area contributed by atoms with Crippen LogP contribution in [0.4, 0.5) is 5.95 Å². The molecule has 1 aromatic carbocycles. The molecule has 3 rings (SSSR count). The Bertz CT molecular complexity index is 1130. The number of fused-ring (bicyclic) bond motifs is 1. The van der Waals surface area contributed by atoms with Gasteiger partial charge in [0.25, 0.3) is 5.56 Å². The van der Waals surface area contributed by atoms with Crippen molar-refractivity contribution in [2.75, 3.05) is 31.6 Å². The lowest BCUT2D eigenvalue weighted by Gasteiger charge is -2.13. The summed E-state index contributed by atoms with van der Waals surface area (Å²) in [5.41, 5.74) is 5.70. The van der Waals surface area contributed by atoms with Gasteiger partial charge in [0.05, 0.1) is 19.8 Å². The number of aromatic nitrogens is 4. The predicted molar refractivity (Wildman–Crippen MR) is 114 cm³/mol. The Labute approximate surface area is 176 Å². The molecule has 0 aliphatic heterocycles. The molecular weight excluding hydrogens is 419 g/mol. The number of nitrogens with zero attached hydrogens (tertiary/aromatic N) is 4. The fourth-order valence-electron chi connectivity index (χ4n) is 3.00. The maximum atomic E-state index is 12.9. The Morgan fingerprint density at radius 3 is 2.48 bits per heavy atom. The maximum absolute atomic E-state index is 12.9. The number of hydrogen-bond donors (Lipinski definition) is 2. The Morgan fingerprint density at radius 1 is 1.14 bits per heavy atom. The van der Waals surface area contributed by atoms with Crippen molar-refractivity contribution in [1.29, 1.82) is 0 Å². The van der Waals surface area contributed by atoms with Gasteiger partial charge in [-0.1, -0.05) is 29.3 Å².